The fourth-order valence-corrected chi connectivity index (χ4v) is 6.84. The van der Waals surface area contributed by atoms with Crippen LogP contribution >= 0.6 is 21.6 Å². The number of nitrogens with zero attached hydrogens (tertiary/aromatic N) is 1. The summed E-state index contributed by atoms with van der Waals surface area (Å²) in [5, 5.41) is 1.05. The van der Waals surface area contributed by atoms with Crippen LogP contribution in [0.1, 0.15) is 97.3 Å². The van der Waals surface area contributed by atoms with Crippen LogP contribution in [-0.4, -0.2) is 15.5 Å². The highest BCUT2D eigenvalue weighted by Gasteiger charge is 2.39. The van der Waals surface area contributed by atoms with E-state index in [-0.39, 0.29) is 4.75 Å². The van der Waals surface area contributed by atoms with Gasteiger partial charge in [-0.3, -0.25) is 4.79 Å². The summed E-state index contributed by atoms with van der Waals surface area (Å²) in [5.41, 5.74) is 0. The third-order valence-corrected chi connectivity index (χ3v) is 9.97. The molecule has 0 bridgehead atoms. The first-order chi connectivity index (χ1) is 14.0. The van der Waals surface area contributed by atoms with Crippen LogP contribution in [0.4, 0.5) is 0 Å². The summed E-state index contributed by atoms with van der Waals surface area (Å²) in [5.74, 6) is 2.66. The number of pyridine rings is 1. The Hall–Kier alpha value is -0.480. The molecular formula is C25H39NOS2. The van der Waals surface area contributed by atoms with Crippen molar-refractivity contribution in [1.82, 2.24) is 4.98 Å². The number of hydrogen-bond acceptors (Lipinski definition) is 4. The molecule has 0 N–H and O–H groups in total. The van der Waals surface area contributed by atoms with E-state index in [9.17, 15) is 4.79 Å². The van der Waals surface area contributed by atoms with E-state index in [4.69, 9.17) is 0 Å². The van der Waals surface area contributed by atoms with Crippen molar-refractivity contribution in [2.24, 2.45) is 17.8 Å². The molecule has 2 aliphatic rings. The van der Waals surface area contributed by atoms with Crippen molar-refractivity contribution in [1.29, 1.82) is 0 Å². The molecule has 0 aliphatic heterocycles. The summed E-state index contributed by atoms with van der Waals surface area (Å²) in [6.07, 6.45) is 18.3. The Balaban J connectivity index is 1.46. The van der Waals surface area contributed by atoms with Crippen LogP contribution in [0.25, 0.3) is 0 Å². The van der Waals surface area contributed by atoms with Crippen molar-refractivity contribution in [3.05, 3.63) is 24.4 Å². The molecule has 2 nitrogen and oxygen atoms in total. The van der Waals surface area contributed by atoms with Gasteiger partial charge in [0.25, 0.3) is 0 Å². The van der Waals surface area contributed by atoms with Gasteiger partial charge in [0, 0.05) is 23.3 Å². The van der Waals surface area contributed by atoms with E-state index in [0.717, 1.165) is 36.1 Å². The molecule has 1 aromatic heterocycles. The molecule has 0 aromatic carbocycles. The summed E-state index contributed by atoms with van der Waals surface area (Å²) in [4.78, 5) is 17.5. The Morgan fingerprint density at radius 1 is 1.00 bits per heavy atom. The number of rotatable bonds is 7. The Labute approximate surface area is 186 Å². The zero-order valence-corrected chi connectivity index (χ0v) is 20.0. The molecule has 0 radical (unpaired) electrons. The van der Waals surface area contributed by atoms with E-state index in [0.29, 0.717) is 11.7 Å². The lowest BCUT2D eigenvalue weighted by molar-refractivity contribution is -0.123. The predicted molar refractivity (Wildman–Crippen MR) is 127 cm³/mol. The Morgan fingerprint density at radius 2 is 1.72 bits per heavy atom. The number of aromatic nitrogens is 1. The SMILES string of the molecule is CC(C)(CCC(=O)C1CCCCCCCCCC2CC2C1)SSc1ccccn1. The van der Waals surface area contributed by atoms with Gasteiger partial charge in [-0.15, -0.1) is 0 Å². The Bertz CT molecular complexity index is 619. The molecule has 2 aliphatic carbocycles. The lowest BCUT2D eigenvalue weighted by Gasteiger charge is -2.24. The van der Waals surface area contributed by atoms with Gasteiger partial charge >= 0.3 is 0 Å². The van der Waals surface area contributed by atoms with Gasteiger partial charge in [-0.25, -0.2) is 4.98 Å². The van der Waals surface area contributed by atoms with Crippen molar-refractivity contribution in [2.45, 2.75) is 107 Å². The fraction of sp³-hybridized carbons (Fsp3) is 0.760. The molecule has 3 atom stereocenters. The van der Waals surface area contributed by atoms with Crippen LogP contribution in [-0.2, 0) is 4.79 Å². The summed E-state index contributed by atoms with van der Waals surface area (Å²) < 4.78 is 0.0866. The van der Waals surface area contributed by atoms with Crippen molar-refractivity contribution in [3.8, 4) is 0 Å². The zero-order chi connectivity index (χ0) is 20.5. The highest BCUT2D eigenvalue weighted by Crippen LogP contribution is 2.48. The molecule has 162 valence electrons. The number of hydrogen-bond donors (Lipinski definition) is 0. The minimum Gasteiger partial charge on any atom is -0.299 e. The second-order valence-corrected chi connectivity index (χ2v) is 12.7. The third kappa shape index (κ3) is 8.65. The molecule has 0 amide bonds. The fourth-order valence-electron chi connectivity index (χ4n) is 4.63. The zero-order valence-electron chi connectivity index (χ0n) is 18.4. The Morgan fingerprint density at radius 3 is 2.45 bits per heavy atom. The van der Waals surface area contributed by atoms with Crippen molar-refractivity contribution < 1.29 is 4.79 Å². The van der Waals surface area contributed by atoms with Crippen LogP contribution in [0.3, 0.4) is 0 Å². The second-order valence-electron chi connectivity index (χ2n) is 9.80. The molecule has 0 spiro atoms. The number of carbonyl (C=O) groups is 1. The third-order valence-electron chi connectivity index (χ3n) is 6.70. The summed E-state index contributed by atoms with van der Waals surface area (Å²) in [6.45, 7) is 4.53. The average Bonchev–Trinajstić information content (AvgIpc) is 3.46. The van der Waals surface area contributed by atoms with E-state index >= 15 is 0 Å². The minimum atomic E-state index is 0.0866. The topological polar surface area (TPSA) is 30.0 Å². The van der Waals surface area contributed by atoms with E-state index in [1.54, 1.807) is 10.8 Å². The highest BCUT2D eigenvalue weighted by atomic mass is 33.1. The highest BCUT2D eigenvalue weighted by molar-refractivity contribution is 8.77. The van der Waals surface area contributed by atoms with Crippen molar-refractivity contribution in [2.75, 3.05) is 0 Å². The number of Topliss-reactive ketones (excluding diaryl/α,β-unsaturated/α-hetero) is 1. The number of fused-ring (bicyclic) bond motifs is 1. The molecule has 0 saturated heterocycles. The first-order valence-corrected chi connectivity index (χ1v) is 14.0. The largest absolute Gasteiger partial charge is 0.299 e. The summed E-state index contributed by atoms with van der Waals surface area (Å²) in [7, 11) is 3.59. The first-order valence-electron chi connectivity index (χ1n) is 11.8. The molecule has 4 heteroatoms. The maximum absolute atomic E-state index is 13.1. The van der Waals surface area contributed by atoms with Gasteiger partial charge in [0.2, 0.25) is 0 Å². The minimum absolute atomic E-state index is 0.0866. The van der Waals surface area contributed by atoms with Gasteiger partial charge in [0.05, 0.1) is 0 Å². The molecule has 1 heterocycles. The van der Waals surface area contributed by atoms with Gasteiger partial charge < -0.3 is 0 Å². The standard InChI is InChI=1S/C25H39NOS2/c1-25(2,29-28-24-14-10-11-17-26-24)16-15-23(27)21-13-9-7-5-3-4-6-8-12-20-18-22(20)19-21/h10-11,14,17,20-22H,3-9,12-13,15-16,18-19H2,1-2H3. The molecule has 3 rings (SSSR count). The van der Waals surface area contributed by atoms with E-state index < -0.39 is 0 Å². The quantitative estimate of drug-likeness (QED) is 0.406. The molecule has 3 unspecified atom stereocenters. The second kappa shape index (κ2) is 11.8. The molecule has 29 heavy (non-hydrogen) atoms. The molecular weight excluding hydrogens is 394 g/mol. The lowest BCUT2D eigenvalue weighted by atomic mass is 9.87. The lowest BCUT2D eigenvalue weighted by Crippen LogP contribution is -2.21. The monoisotopic (exact) mass is 433 g/mol. The normalized spacial score (nSPS) is 26.5. The predicted octanol–water partition coefficient (Wildman–Crippen LogP) is 8.12. The maximum atomic E-state index is 13.1. The van der Waals surface area contributed by atoms with Gasteiger partial charge in [0.1, 0.15) is 10.8 Å². The molecule has 1 aromatic rings. The smallest absolute Gasteiger partial charge is 0.136 e. The van der Waals surface area contributed by atoms with Crippen LogP contribution in [0, 0.1) is 17.8 Å². The van der Waals surface area contributed by atoms with Crippen LogP contribution in [0.5, 0.6) is 0 Å². The van der Waals surface area contributed by atoms with Crippen LogP contribution < -0.4 is 0 Å². The van der Waals surface area contributed by atoms with Crippen molar-refractivity contribution in [3.63, 3.8) is 0 Å². The van der Waals surface area contributed by atoms with Gasteiger partial charge in [-0.2, -0.15) is 0 Å². The number of ketones is 1. The van der Waals surface area contributed by atoms with Crippen LogP contribution in [0.2, 0.25) is 0 Å². The van der Waals surface area contributed by atoms with Crippen LogP contribution in [0.15, 0.2) is 29.4 Å². The molecule has 2 fully saturated rings. The van der Waals surface area contributed by atoms with Gasteiger partial charge in [-0.05, 0) is 74.3 Å². The van der Waals surface area contributed by atoms with Gasteiger partial charge in [0.15, 0.2) is 0 Å². The van der Waals surface area contributed by atoms with E-state index in [1.165, 1.54) is 64.2 Å². The summed E-state index contributed by atoms with van der Waals surface area (Å²) >= 11 is 0. The van der Waals surface area contributed by atoms with E-state index in [2.05, 4.69) is 24.9 Å². The average molecular weight is 434 g/mol. The van der Waals surface area contributed by atoms with Crippen molar-refractivity contribution >= 4 is 27.4 Å². The van der Waals surface area contributed by atoms with Gasteiger partial charge in [-0.1, -0.05) is 68.2 Å². The maximum Gasteiger partial charge on any atom is 0.136 e. The molecule has 2 saturated carbocycles. The number of carbonyl (C=O) groups excluding carboxylic acids is 1. The van der Waals surface area contributed by atoms with E-state index in [1.807, 2.05) is 29.1 Å². The Kier molecular flexibility index (Phi) is 9.43. The first kappa shape index (κ1) is 23.2. The summed E-state index contributed by atoms with van der Waals surface area (Å²) in [6, 6.07) is 6.04.